The summed E-state index contributed by atoms with van der Waals surface area (Å²) < 4.78 is 75.9. The number of alkyl halides is 6. The van der Waals surface area contributed by atoms with Gasteiger partial charge in [0.25, 0.3) is 0 Å². The number of anilines is 2. The van der Waals surface area contributed by atoms with E-state index in [0.29, 0.717) is 12.3 Å². The summed E-state index contributed by atoms with van der Waals surface area (Å²) in [6, 6.07) is 3.38. The smallest absolute Gasteiger partial charge is 0.331 e. The van der Waals surface area contributed by atoms with E-state index >= 15 is 0 Å². The van der Waals surface area contributed by atoms with Gasteiger partial charge >= 0.3 is 12.4 Å². The number of hydrogen-bond acceptors (Lipinski definition) is 3. The Morgan fingerprint density at radius 3 is 2.11 bits per heavy atom. The van der Waals surface area contributed by atoms with Crippen LogP contribution in [0, 0.1) is 0 Å². The number of benzene rings is 1. The van der Waals surface area contributed by atoms with Gasteiger partial charge in [0.1, 0.15) is 0 Å². The Bertz CT molecular complexity index is 856. The van der Waals surface area contributed by atoms with Gasteiger partial charge in [0.15, 0.2) is 10.9 Å². The molecule has 13 heteroatoms. The second kappa shape index (κ2) is 7.95. The number of thiocarbonyl (C=S) groups is 1. The second-order valence-corrected chi connectivity index (χ2v) is 6.23. The summed E-state index contributed by atoms with van der Waals surface area (Å²) in [5.41, 5.74) is 2.61. The van der Waals surface area contributed by atoms with Gasteiger partial charge in [0.2, 0.25) is 0 Å². The topological polar surface area (TPSA) is 49.0 Å². The number of hydrazine groups is 1. The molecular weight excluding hydrogens is 441 g/mol. The predicted molar refractivity (Wildman–Crippen MR) is 93.7 cm³/mol. The first kappa shape index (κ1) is 21.3. The van der Waals surface area contributed by atoms with E-state index in [1.54, 1.807) is 0 Å². The SMILES string of the molecule is FC(F)(F)c1cc(Cl)cc(NC(=S)NNc2ncc(C(F)(F)F)cc2Cl)c1. The third-order valence-electron chi connectivity index (χ3n) is 2.95. The maximum atomic E-state index is 12.8. The fourth-order valence-corrected chi connectivity index (χ4v) is 2.41. The Balaban J connectivity index is 2.04. The Morgan fingerprint density at radius 2 is 1.56 bits per heavy atom. The Hall–Kier alpha value is -1.98. The summed E-state index contributed by atoms with van der Waals surface area (Å²) in [5, 5.41) is 1.72. The number of nitrogens with one attached hydrogen (secondary N) is 3. The number of nitrogens with zero attached hydrogens (tertiary/aromatic N) is 1. The van der Waals surface area contributed by atoms with Crippen molar-refractivity contribution in [2.24, 2.45) is 0 Å². The van der Waals surface area contributed by atoms with Crippen molar-refractivity contribution in [1.29, 1.82) is 0 Å². The van der Waals surface area contributed by atoms with E-state index in [1.807, 2.05) is 0 Å². The van der Waals surface area contributed by atoms with Crippen molar-refractivity contribution in [1.82, 2.24) is 10.4 Å². The quantitative estimate of drug-likeness (QED) is 0.317. The minimum absolute atomic E-state index is 0.0550. The van der Waals surface area contributed by atoms with Crippen LogP contribution >= 0.6 is 35.4 Å². The zero-order valence-corrected chi connectivity index (χ0v) is 15.1. The van der Waals surface area contributed by atoms with Crippen LogP contribution in [0.15, 0.2) is 30.5 Å². The first-order valence-corrected chi connectivity index (χ1v) is 7.96. The highest BCUT2D eigenvalue weighted by molar-refractivity contribution is 7.80. The minimum atomic E-state index is -4.61. The van der Waals surface area contributed by atoms with E-state index in [2.05, 4.69) is 21.2 Å². The van der Waals surface area contributed by atoms with Crippen molar-refractivity contribution < 1.29 is 26.3 Å². The van der Waals surface area contributed by atoms with Gasteiger partial charge in [0, 0.05) is 16.9 Å². The van der Waals surface area contributed by atoms with Gasteiger partial charge in [-0.05, 0) is 36.5 Å². The number of hydrogen-bond donors (Lipinski definition) is 3. The average Bonchev–Trinajstić information content (AvgIpc) is 2.51. The van der Waals surface area contributed by atoms with Crippen LogP contribution in [0.2, 0.25) is 10.0 Å². The molecule has 4 nitrogen and oxygen atoms in total. The molecule has 0 atom stereocenters. The van der Waals surface area contributed by atoms with E-state index in [9.17, 15) is 26.3 Å². The molecule has 1 aromatic heterocycles. The van der Waals surface area contributed by atoms with Gasteiger partial charge in [0.05, 0.1) is 16.1 Å². The van der Waals surface area contributed by atoms with E-state index in [1.165, 1.54) is 6.07 Å². The van der Waals surface area contributed by atoms with Crippen molar-refractivity contribution in [3.8, 4) is 0 Å². The number of aromatic nitrogens is 1. The Labute approximate surface area is 163 Å². The fourth-order valence-electron chi connectivity index (χ4n) is 1.79. The summed E-state index contributed by atoms with van der Waals surface area (Å²) >= 11 is 16.2. The molecule has 0 saturated heterocycles. The normalized spacial score (nSPS) is 11.9. The lowest BCUT2D eigenvalue weighted by molar-refractivity contribution is -0.138. The van der Waals surface area contributed by atoms with Crippen LogP contribution in [0.4, 0.5) is 37.8 Å². The lowest BCUT2D eigenvalue weighted by Gasteiger charge is -2.15. The molecule has 0 fully saturated rings. The maximum Gasteiger partial charge on any atom is 0.417 e. The summed E-state index contributed by atoms with van der Waals surface area (Å²) in [4.78, 5) is 3.50. The van der Waals surface area contributed by atoms with Crippen LogP contribution in [-0.2, 0) is 12.4 Å². The van der Waals surface area contributed by atoms with Crippen LogP contribution in [-0.4, -0.2) is 10.1 Å². The molecule has 3 N–H and O–H groups in total. The summed E-state index contributed by atoms with van der Waals surface area (Å²) in [6.07, 6.45) is -8.66. The molecule has 27 heavy (non-hydrogen) atoms. The molecule has 0 spiro atoms. The molecule has 0 bridgehead atoms. The third-order valence-corrected chi connectivity index (χ3v) is 3.66. The average molecular weight is 449 g/mol. The van der Waals surface area contributed by atoms with E-state index in [-0.39, 0.29) is 26.7 Å². The Morgan fingerprint density at radius 1 is 0.926 bits per heavy atom. The number of pyridine rings is 1. The van der Waals surface area contributed by atoms with Gasteiger partial charge < -0.3 is 5.32 Å². The highest BCUT2D eigenvalue weighted by Gasteiger charge is 2.32. The highest BCUT2D eigenvalue weighted by Crippen LogP contribution is 2.34. The molecule has 0 amide bonds. The van der Waals surface area contributed by atoms with Gasteiger partial charge in [-0.1, -0.05) is 23.2 Å². The molecule has 2 aromatic rings. The van der Waals surface area contributed by atoms with Crippen LogP contribution in [0.1, 0.15) is 11.1 Å². The lowest BCUT2D eigenvalue weighted by atomic mass is 10.2. The van der Waals surface area contributed by atoms with Gasteiger partial charge in [-0.15, -0.1) is 0 Å². The minimum Gasteiger partial charge on any atom is -0.331 e. The van der Waals surface area contributed by atoms with Crippen molar-refractivity contribution in [3.63, 3.8) is 0 Å². The fraction of sp³-hybridized carbons (Fsp3) is 0.143. The molecule has 0 unspecified atom stereocenters. The van der Waals surface area contributed by atoms with Crippen molar-refractivity contribution in [3.05, 3.63) is 51.6 Å². The molecule has 2 rings (SSSR count). The molecule has 0 aliphatic heterocycles. The molecule has 0 radical (unpaired) electrons. The monoisotopic (exact) mass is 448 g/mol. The third kappa shape index (κ3) is 6.01. The first-order valence-electron chi connectivity index (χ1n) is 6.80. The zero-order chi connectivity index (χ0) is 20.4. The standard InChI is InChI=1S/C14H8Cl2F6N4S/c15-8-1-6(13(17,18)19)2-9(4-8)24-12(27)26-25-11-10(16)3-7(5-23-11)14(20,21)22/h1-5H,(H,23,25)(H2,24,26,27). The van der Waals surface area contributed by atoms with E-state index in [0.717, 1.165) is 12.1 Å². The van der Waals surface area contributed by atoms with Gasteiger partial charge in [-0.3, -0.25) is 10.9 Å². The van der Waals surface area contributed by atoms with E-state index < -0.39 is 23.5 Å². The van der Waals surface area contributed by atoms with E-state index in [4.69, 9.17) is 35.4 Å². The molecule has 0 aliphatic rings. The zero-order valence-electron chi connectivity index (χ0n) is 12.8. The van der Waals surface area contributed by atoms with Crippen molar-refractivity contribution in [2.75, 3.05) is 10.7 Å². The lowest BCUT2D eigenvalue weighted by Crippen LogP contribution is -2.34. The second-order valence-electron chi connectivity index (χ2n) is 4.98. The highest BCUT2D eigenvalue weighted by atomic mass is 35.5. The number of rotatable bonds is 3. The Kier molecular flexibility index (Phi) is 6.28. The summed E-state index contributed by atoms with van der Waals surface area (Å²) in [6.45, 7) is 0. The first-order chi connectivity index (χ1) is 12.4. The van der Waals surface area contributed by atoms with Crippen LogP contribution in [0.25, 0.3) is 0 Å². The molecular formula is C14H8Cl2F6N4S. The summed E-state index contributed by atoms with van der Waals surface area (Å²) in [7, 11) is 0. The largest absolute Gasteiger partial charge is 0.417 e. The predicted octanol–water partition coefficient (Wildman–Crippen LogP) is 5.74. The van der Waals surface area contributed by atoms with Gasteiger partial charge in [-0.25, -0.2) is 4.98 Å². The molecule has 0 aliphatic carbocycles. The van der Waals surface area contributed by atoms with Gasteiger partial charge in [-0.2, -0.15) is 26.3 Å². The molecule has 146 valence electrons. The van der Waals surface area contributed by atoms with Crippen molar-refractivity contribution in [2.45, 2.75) is 12.4 Å². The summed E-state index contributed by atoms with van der Waals surface area (Å²) in [5.74, 6) is -0.170. The molecule has 0 saturated carbocycles. The maximum absolute atomic E-state index is 12.8. The molecule has 1 aromatic carbocycles. The van der Waals surface area contributed by atoms with Crippen molar-refractivity contribution >= 4 is 52.0 Å². The van der Waals surface area contributed by atoms with Crippen LogP contribution in [0.3, 0.4) is 0 Å². The molecule has 1 heterocycles. The van der Waals surface area contributed by atoms with Crippen LogP contribution in [0.5, 0.6) is 0 Å². The number of halogens is 8. The van der Waals surface area contributed by atoms with Crippen LogP contribution < -0.4 is 16.2 Å².